The Labute approximate surface area is 98.2 Å². The Hall–Kier alpha value is -0.840. The number of nitrogens with zero attached hydrogens (tertiary/aromatic N) is 2. The van der Waals surface area contributed by atoms with E-state index >= 15 is 0 Å². The zero-order valence-electron chi connectivity index (χ0n) is 8.66. The van der Waals surface area contributed by atoms with Gasteiger partial charge in [-0.15, -0.1) is 0 Å². The molecule has 0 saturated heterocycles. The number of carbonyl (C=O) groups is 1. The second-order valence-electron chi connectivity index (χ2n) is 3.30. The summed E-state index contributed by atoms with van der Waals surface area (Å²) in [4.78, 5) is 15.2. The van der Waals surface area contributed by atoms with Gasteiger partial charge in [0.1, 0.15) is 0 Å². The summed E-state index contributed by atoms with van der Waals surface area (Å²) < 4.78 is 1.94. The van der Waals surface area contributed by atoms with Gasteiger partial charge in [0, 0.05) is 37.2 Å². The minimum absolute atomic E-state index is 0.135. The number of nitrogens with one attached hydrogen (secondary N) is 1. The number of imidazole rings is 1. The van der Waals surface area contributed by atoms with E-state index in [-0.39, 0.29) is 5.91 Å². The molecule has 0 bridgehead atoms. The highest BCUT2D eigenvalue weighted by Crippen LogP contribution is 1.97. The minimum Gasteiger partial charge on any atom is -0.354 e. The van der Waals surface area contributed by atoms with Crippen molar-refractivity contribution >= 4 is 21.8 Å². The number of alkyl halides is 1. The van der Waals surface area contributed by atoms with E-state index in [1.807, 2.05) is 10.8 Å². The molecule has 0 spiro atoms. The van der Waals surface area contributed by atoms with E-state index < -0.39 is 0 Å². The molecule has 0 aliphatic carbocycles. The van der Waals surface area contributed by atoms with E-state index in [4.69, 9.17) is 0 Å². The number of hydrogen-bond acceptors (Lipinski definition) is 2. The van der Waals surface area contributed by atoms with Crippen LogP contribution in [0.15, 0.2) is 18.7 Å². The Morgan fingerprint density at radius 1 is 1.47 bits per heavy atom. The molecule has 1 heterocycles. The quantitative estimate of drug-likeness (QED) is 0.606. The summed E-state index contributed by atoms with van der Waals surface area (Å²) in [5.41, 5.74) is 0. The molecule has 1 aromatic heterocycles. The van der Waals surface area contributed by atoms with Crippen molar-refractivity contribution in [2.45, 2.75) is 25.8 Å². The van der Waals surface area contributed by atoms with E-state index in [9.17, 15) is 4.79 Å². The van der Waals surface area contributed by atoms with Crippen LogP contribution in [0.3, 0.4) is 0 Å². The van der Waals surface area contributed by atoms with Crippen molar-refractivity contribution < 1.29 is 4.79 Å². The van der Waals surface area contributed by atoms with Crippen LogP contribution in [0.5, 0.6) is 0 Å². The molecule has 1 amide bonds. The zero-order valence-corrected chi connectivity index (χ0v) is 10.2. The Kier molecular flexibility index (Phi) is 6.08. The predicted molar refractivity (Wildman–Crippen MR) is 62.9 cm³/mol. The van der Waals surface area contributed by atoms with Crippen molar-refractivity contribution in [1.82, 2.24) is 14.9 Å². The molecule has 0 radical (unpaired) electrons. The summed E-state index contributed by atoms with van der Waals surface area (Å²) in [5.74, 6) is 0.135. The molecule has 4 nitrogen and oxygen atoms in total. The third-order valence-electron chi connectivity index (χ3n) is 2.04. The van der Waals surface area contributed by atoms with Gasteiger partial charge >= 0.3 is 0 Å². The molecular weight excluding hydrogens is 258 g/mol. The van der Waals surface area contributed by atoms with E-state index in [0.29, 0.717) is 13.0 Å². The fourth-order valence-corrected chi connectivity index (χ4v) is 1.61. The Balaban J connectivity index is 2.02. The molecular formula is C10H16BrN3O. The second-order valence-corrected chi connectivity index (χ2v) is 4.09. The minimum atomic E-state index is 0.135. The van der Waals surface area contributed by atoms with Crippen molar-refractivity contribution in [3.8, 4) is 0 Å². The van der Waals surface area contributed by atoms with Crippen LogP contribution >= 0.6 is 15.9 Å². The van der Waals surface area contributed by atoms with Gasteiger partial charge in [-0.25, -0.2) is 4.98 Å². The van der Waals surface area contributed by atoms with Gasteiger partial charge < -0.3 is 9.88 Å². The third kappa shape index (κ3) is 5.57. The molecule has 15 heavy (non-hydrogen) atoms. The van der Waals surface area contributed by atoms with Gasteiger partial charge in [0.2, 0.25) is 5.91 Å². The van der Waals surface area contributed by atoms with Gasteiger partial charge in [-0.2, -0.15) is 0 Å². The SMILES string of the molecule is O=C(CCCCBr)NCCn1ccnc1. The fraction of sp³-hybridized carbons (Fsp3) is 0.600. The monoisotopic (exact) mass is 273 g/mol. The lowest BCUT2D eigenvalue weighted by Gasteiger charge is -2.05. The van der Waals surface area contributed by atoms with Crippen LogP contribution < -0.4 is 5.32 Å². The van der Waals surface area contributed by atoms with Crippen LogP contribution in [0.25, 0.3) is 0 Å². The maximum absolute atomic E-state index is 11.3. The summed E-state index contributed by atoms with van der Waals surface area (Å²) in [7, 11) is 0. The number of carbonyl (C=O) groups excluding carboxylic acids is 1. The Morgan fingerprint density at radius 3 is 3.00 bits per heavy atom. The maximum Gasteiger partial charge on any atom is 0.220 e. The molecule has 0 aliphatic rings. The molecule has 1 rings (SSSR count). The number of amides is 1. The first-order chi connectivity index (χ1) is 7.33. The number of halogens is 1. The van der Waals surface area contributed by atoms with E-state index in [1.54, 1.807) is 12.5 Å². The summed E-state index contributed by atoms with van der Waals surface area (Å²) in [6, 6.07) is 0. The van der Waals surface area contributed by atoms with Crippen molar-refractivity contribution in [1.29, 1.82) is 0 Å². The highest BCUT2D eigenvalue weighted by Gasteiger charge is 1.99. The topological polar surface area (TPSA) is 46.9 Å². The predicted octanol–water partition coefficient (Wildman–Crippen LogP) is 1.56. The lowest BCUT2D eigenvalue weighted by Crippen LogP contribution is -2.26. The van der Waals surface area contributed by atoms with Gasteiger partial charge in [0.25, 0.3) is 0 Å². The molecule has 0 unspecified atom stereocenters. The average Bonchev–Trinajstić information content (AvgIpc) is 2.71. The molecule has 0 saturated carbocycles. The van der Waals surface area contributed by atoms with Gasteiger partial charge in [-0.05, 0) is 12.8 Å². The maximum atomic E-state index is 11.3. The van der Waals surface area contributed by atoms with Crippen molar-refractivity contribution in [3.05, 3.63) is 18.7 Å². The van der Waals surface area contributed by atoms with E-state index in [1.165, 1.54) is 0 Å². The lowest BCUT2D eigenvalue weighted by molar-refractivity contribution is -0.121. The smallest absolute Gasteiger partial charge is 0.220 e. The summed E-state index contributed by atoms with van der Waals surface area (Å²) >= 11 is 3.34. The standard InChI is InChI=1S/C10H16BrN3O/c11-4-2-1-3-10(15)13-6-8-14-7-5-12-9-14/h5,7,9H,1-4,6,8H2,(H,13,15). The highest BCUT2D eigenvalue weighted by atomic mass is 79.9. The molecule has 0 fully saturated rings. The highest BCUT2D eigenvalue weighted by molar-refractivity contribution is 9.09. The number of unbranched alkanes of at least 4 members (excludes halogenated alkanes) is 1. The van der Waals surface area contributed by atoms with Crippen LogP contribution in [-0.4, -0.2) is 27.3 Å². The first kappa shape index (κ1) is 12.2. The molecule has 1 N–H and O–H groups in total. The van der Waals surface area contributed by atoms with Gasteiger partial charge in [0.05, 0.1) is 6.33 Å². The summed E-state index contributed by atoms with van der Waals surface area (Å²) in [6.07, 6.45) is 7.98. The van der Waals surface area contributed by atoms with Gasteiger partial charge in [-0.1, -0.05) is 15.9 Å². The van der Waals surface area contributed by atoms with Crippen LogP contribution in [0.4, 0.5) is 0 Å². The largest absolute Gasteiger partial charge is 0.354 e. The fourth-order valence-electron chi connectivity index (χ4n) is 1.21. The normalized spacial score (nSPS) is 10.2. The zero-order chi connectivity index (χ0) is 10.9. The van der Waals surface area contributed by atoms with Crippen molar-refractivity contribution in [2.75, 3.05) is 11.9 Å². The average molecular weight is 274 g/mol. The number of rotatable bonds is 7. The van der Waals surface area contributed by atoms with Gasteiger partial charge in [-0.3, -0.25) is 4.79 Å². The number of aromatic nitrogens is 2. The lowest BCUT2D eigenvalue weighted by atomic mass is 10.2. The summed E-state index contributed by atoms with van der Waals surface area (Å²) in [5, 5.41) is 3.84. The van der Waals surface area contributed by atoms with E-state index in [0.717, 1.165) is 24.7 Å². The first-order valence-corrected chi connectivity index (χ1v) is 6.23. The third-order valence-corrected chi connectivity index (χ3v) is 2.60. The van der Waals surface area contributed by atoms with Crippen LogP contribution in [0, 0.1) is 0 Å². The second kappa shape index (κ2) is 7.45. The molecule has 84 valence electrons. The van der Waals surface area contributed by atoms with Gasteiger partial charge in [0.15, 0.2) is 0 Å². The van der Waals surface area contributed by atoms with Crippen molar-refractivity contribution in [3.63, 3.8) is 0 Å². The number of hydrogen-bond donors (Lipinski definition) is 1. The molecule has 0 aromatic carbocycles. The Morgan fingerprint density at radius 2 is 2.33 bits per heavy atom. The van der Waals surface area contributed by atoms with Crippen LogP contribution in [0.1, 0.15) is 19.3 Å². The molecule has 0 aliphatic heterocycles. The van der Waals surface area contributed by atoms with Crippen LogP contribution in [0.2, 0.25) is 0 Å². The van der Waals surface area contributed by atoms with Crippen molar-refractivity contribution in [2.24, 2.45) is 0 Å². The molecule has 5 heteroatoms. The summed E-state index contributed by atoms with van der Waals surface area (Å²) in [6.45, 7) is 1.45. The van der Waals surface area contributed by atoms with E-state index in [2.05, 4.69) is 26.2 Å². The first-order valence-electron chi connectivity index (χ1n) is 5.11. The van der Waals surface area contributed by atoms with Crippen LogP contribution in [-0.2, 0) is 11.3 Å². The Bertz CT molecular complexity index is 274. The molecule has 1 aromatic rings. The molecule has 0 atom stereocenters.